The predicted octanol–water partition coefficient (Wildman–Crippen LogP) is 6.69. The lowest BCUT2D eigenvalue weighted by Crippen LogP contribution is -2.30. The molecule has 44 heavy (non-hydrogen) atoms. The molecule has 4 aromatic rings. The van der Waals surface area contributed by atoms with Crippen molar-refractivity contribution in [2.75, 3.05) is 20.3 Å². The molecule has 6 rings (SSSR count). The zero-order valence-corrected chi connectivity index (χ0v) is 26.6. The molecule has 1 unspecified atom stereocenters. The number of hydrogen-bond donors (Lipinski definition) is 2. The van der Waals surface area contributed by atoms with Crippen molar-refractivity contribution in [3.8, 4) is 22.8 Å². The maximum atomic E-state index is 15.1. The van der Waals surface area contributed by atoms with Crippen molar-refractivity contribution in [2.45, 2.75) is 38.0 Å². The molecular formula is C32H30BrClF2N4O4. The molecule has 3 heterocycles. The van der Waals surface area contributed by atoms with Gasteiger partial charge in [-0.25, -0.2) is 13.8 Å². The molecule has 230 valence electrons. The Labute approximate surface area is 266 Å². The highest BCUT2D eigenvalue weighted by atomic mass is 79.9. The molecule has 1 saturated carbocycles. The van der Waals surface area contributed by atoms with E-state index in [1.165, 1.54) is 6.07 Å². The van der Waals surface area contributed by atoms with E-state index in [-0.39, 0.29) is 39.9 Å². The third kappa shape index (κ3) is 6.34. The van der Waals surface area contributed by atoms with Gasteiger partial charge in [-0.05, 0) is 65.0 Å². The van der Waals surface area contributed by atoms with Gasteiger partial charge in [-0.15, -0.1) is 0 Å². The topological polar surface area (TPSA) is 116 Å². The summed E-state index contributed by atoms with van der Waals surface area (Å²) in [7, 11) is 1.54. The molecule has 0 saturated heterocycles. The van der Waals surface area contributed by atoms with Gasteiger partial charge in [-0.1, -0.05) is 25.4 Å². The van der Waals surface area contributed by atoms with Gasteiger partial charge in [0.2, 0.25) is 6.41 Å². The molecule has 2 amide bonds. The van der Waals surface area contributed by atoms with Gasteiger partial charge in [-0.2, -0.15) is 0 Å². The Morgan fingerprint density at radius 2 is 1.95 bits per heavy atom. The number of carbonyl (C=O) groups excluding carboxylic acids is 2. The minimum Gasteiger partial charge on any atom is -0.494 e. The standard InChI is InChI=1S/C31H27BrClF2N3O3.CH3NO/c1-31(2)14-41-29-21(31)10-25(38-28(29)19-9-22(33)24(35)11-23(19)34)20(15-4-5-15)13-37-30(39)17-6-16-7-18(32)12-36-27(16)26(8-17)40-3;2-1-3/h6-12,15,20H,4-5,13-14H2,1-3H3,(H,37,39);1H,(H2,2,3). The zero-order valence-electron chi connectivity index (χ0n) is 24.2. The molecule has 2 aromatic heterocycles. The number of carbonyl (C=O) groups is 2. The normalized spacial score (nSPS) is 15.4. The molecule has 1 aliphatic carbocycles. The lowest BCUT2D eigenvalue weighted by molar-refractivity contribution is -0.106. The summed E-state index contributed by atoms with van der Waals surface area (Å²) in [5, 5.41) is 3.66. The van der Waals surface area contributed by atoms with Crippen LogP contribution in [-0.2, 0) is 10.2 Å². The van der Waals surface area contributed by atoms with Crippen LogP contribution in [0.4, 0.5) is 8.78 Å². The van der Waals surface area contributed by atoms with Crippen LogP contribution in [0.25, 0.3) is 22.2 Å². The monoisotopic (exact) mass is 686 g/mol. The Bertz CT molecular complexity index is 1770. The zero-order chi connectivity index (χ0) is 31.8. The van der Waals surface area contributed by atoms with Crippen LogP contribution in [0.2, 0.25) is 5.02 Å². The van der Waals surface area contributed by atoms with Crippen LogP contribution in [0, 0.1) is 17.6 Å². The molecule has 8 nitrogen and oxygen atoms in total. The van der Waals surface area contributed by atoms with Crippen LogP contribution in [0.5, 0.6) is 11.5 Å². The number of nitrogens with two attached hydrogens (primary N) is 1. The average molecular weight is 688 g/mol. The van der Waals surface area contributed by atoms with Gasteiger partial charge in [0, 0.05) is 62.4 Å². The highest BCUT2D eigenvalue weighted by Gasteiger charge is 2.39. The summed E-state index contributed by atoms with van der Waals surface area (Å²) >= 11 is 9.48. The largest absolute Gasteiger partial charge is 0.494 e. The number of nitrogens with one attached hydrogen (secondary N) is 1. The number of pyridine rings is 2. The van der Waals surface area contributed by atoms with Gasteiger partial charge in [0.15, 0.2) is 0 Å². The Kier molecular flexibility index (Phi) is 9.08. The first kappa shape index (κ1) is 31.6. The lowest BCUT2D eigenvalue weighted by Gasteiger charge is -2.22. The van der Waals surface area contributed by atoms with Crippen LogP contribution in [0.1, 0.15) is 54.2 Å². The van der Waals surface area contributed by atoms with Gasteiger partial charge in [-0.3, -0.25) is 14.6 Å². The molecule has 1 aliphatic heterocycles. The van der Waals surface area contributed by atoms with Crippen LogP contribution < -0.4 is 20.5 Å². The summed E-state index contributed by atoms with van der Waals surface area (Å²) < 4.78 is 41.3. The quantitative estimate of drug-likeness (QED) is 0.165. The van der Waals surface area contributed by atoms with Crippen molar-refractivity contribution in [1.82, 2.24) is 15.3 Å². The van der Waals surface area contributed by atoms with Crippen LogP contribution >= 0.6 is 27.5 Å². The van der Waals surface area contributed by atoms with Gasteiger partial charge >= 0.3 is 0 Å². The number of halogens is 4. The van der Waals surface area contributed by atoms with E-state index in [9.17, 15) is 9.18 Å². The second-order valence-corrected chi connectivity index (χ2v) is 12.7. The molecule has 3 N–H and O–H groups in total. The number of hydrogen-bond acceptors (Lipinski definition) is 6. The molecule has 2 aliphatic rings. The van der Waals surface area contributed by atoms with E-state index in [0.29, 0.717) is 41.6 Å². The number of rotatable bonds is 7. The molecule has 12 heteroatoms. The fraction of sp³-hybridized carbons (Fsp3) is 0.312. The van der Waals surface area contributed by atoms with Crippen molar-refractivity contribution in [2.24, 2.45) is 11.7 Å². The third-order valence-electron chi connectivity index (χ3n) is 7.81. The molecule has 2 aromatic carbocycles. The fourth-order valence-electron chi connectivity index (χ4n) is 5.40. The van der Waals surface area contributed by atoms with Crippen molar-refractivity contribution >= 4 is 50.8 Å². The highest BCUT2D eigenvalue weighted by molar-refractivity contribution is 9.10. The summed E-state index contributed by atoms with van der Waals surface area (Å²) in [6.45, 7) is 4.83. The predicted molar refractivity (Wildman–Crippen MR) is 167 cm³/mol. The van der Waals surface area contributed by atoms with Crippen LogP contribution in [0.15, 0.2) is 47.1 Å². The summed E-state index contributed by atoms with van der Waals surface area (Å²) in [6, 6.07) is 9.37. The Hall–Kier alpha value is -3.83. The van der Waals surface area contributed by atoms with E-state index in [1.54, 1.807) is 25.4 Å². The van der Waals surface area contributed by atoms with Crippen molar-refractivity contribution < 1.29 is 27.8 Å². The number of methoxy groups -OCH3 is 1. The van der Waals surface area contributed by atoms with Crippen LogP contribution in [0.3, 0.4) is 0 Å². The minimum absolute atomic E-state index is 0.0776. The number of nitrogens with zero attached hydrogens (tertiary/aromatic N) is 2. The molecule has 1 fully saturated rings. The summed E-state index contributed by atoms with van der Waals surface area (Å²) in [6.07, 6.45) is 3.92. The molecule has 1 atom stereocenters. The maximum Gasteiger partial charge on any atom is 0.251 e. The van der Waals surface area contributed by atoms with E-state index < -0.39 is 11.6 Å². The summed E-state index contributed by atoms with van der Waals surface area (Å²) in [4.78, 5) is 31.2. The average Bonchev–Trinajstić information content (AvgIpc) is 3.78. The molecule has 0 radical (unpaired) electrons. The third-order valence-corrected chi connectivity index (χ3v) is 8.54. The van der Waals surface area contributed by atoms with Gasteiger partial charge < -0.3 is 20.5 Å². The fourth-order valence-corrected chi connectivity index (χ4v) is 5.91. The number of aromatic nitrogens is 2. The van der Waals surface area contributed by atoms with Crippen LogP contribution in [-0.4, -0.2) is 42.5 Å². The number of benzene rings is 2. The van der Waals surface area contributed by atoms with Gasteiger partial charge in [0.05, 0.1) is 18.7 Å². The minimum atomic E-state index is -0.839. The Balaban J connectivity index is 0.00000123. The maximum absolute atomic E-state index is 15.1. The van der Waals surface area contributed by atoms with Crippen molar-refractivity contribution in [3.05, 3.63) is 80.5 Å². The molecule has 0 bridgehead atoms. The second kappa shape index (κ2) is 12.6. The molecule has 0 spiro atoms. The first-order valence-electron chi connectivity index (χ1n) is 13.9. The smallest absolute Gasteiger partial charge is 0.251 e. The first-order chi connectivity index (χ1) is 21.0. The van der Waals surface area contributed by atoms with Gasteiger partial charge in [0.25, 0.3) is 5.91 Å². The van der Waals surface area contributed by atoms with Crippen molar-refractivity contribution in [3.63, 3.8) is 0 Å². The Morgan fingerprint density at radius 3 is 2.64 bits per heavy atom. The summed E-state index contributed by atoms with van der Waals surface area (Å²) in [5.74, 6) is -0.683. The van der Waals surface area contributed by atoms with E-state index in [2.05, 4.69) is 45.8 Å². The molecular weight excluding hydrogens is 658 g/mol. The van der Waals surface area contributed by atoms with Crippen molar-refractivity contribution in [1.29, 1.82) is 0 Å². The lowest BCUT2D eigenvalue weighted by atomic mass is 9.84. The Morgan fingerprint density at radius 1 is 1.23 bits per heavy atom. The van der Waals surface area contributed by atoms with E-state index in [1.807, 2.05) is 12.1 Å². The first-order valence-corrected chi connectivity index (χ1v) is 15.0. The van der Waals surface area contributed by atoms with E-state index in [0.717, 1.165) is 40.0 Å². The number of ether oxygens (including phenoxy) is 2. The number of primary amides is 1. The number of fused-ring (bicyclic) bond motifs is 2. The van der Waals surface area contributed by atoms with Gasteiger partial charge in [0.1, 0.15) is 34.3 Å². The highest BCUT2D eigenvalue weighted by Crippen LogP contribution is 2.48. The van der Waals surface area contributed by atoms with E-state index in [4.69, 9.17) is 30.9 Å². The van der Waals surface area contributed by atoms with E-state index >= 15 is 4.39 Å². The SMILES string of the molecule is COc1cc(C(=O)NCC(c2cc3c(c(-c4cc(Cl)c(F)cc4F)n2)OCC3(C)C)C2CC2)cc2cc(Br)cnc12.NC=O. The number of amides is 2. The second-order valence-electron chi connectivity index (χ2n) is 11.4. The summed E-state index contributed by atoms with van der Waals surface area (Å²) in [5.41, 5.74) is 6.92.